The molecule has 1 heterocycles. The Morgan fingerprint density at radius 2 is 1.73 bits per heavy atom. The van der Waals surface area contributed by atoms with Gasteiger partial charge in [-0.1, -0.05) is 38.1 Å². The largest absolute Gasteiger partial charge is 0.487 e. The maximum atomic E-state index is 13.8. The summed E-state index contributed by atoms with van der Waals surface area (Å²) in [6.07, 6.45) is -3.25. The first-order valence-electron chi connectivity index (χ1n) is 10.1. The molecule has 0 spiro atoms. The lowest BCUT2D eigenvalue weighted by molar-refractivity contribution is 0.0495. The lowest BCUT2D eigenvalue weighted by Gasteiger charge is -2.15. The van der Waals surface area contributed by atoms with Gasteiger partial charge in [-0.3, -0.25) is 4.79 Å². The van der Waals surface area contributed by atoms with Crippen molar-refractivity contribution in [2.75, 3.05) is 12.9 Å². The summed E-state index contributed by atoms with van der Waals surface area (Å²) in [7, 11) is -3.40. The first kappa shape index (κ1) is 24.5. The highest BCUT2D eigenvalue weighted by Crippen LogP contribution is 2.29. The highest BCUT2D eigenvalue weighted by atomic mass is 32.2. The van der Waals surface area contributed by atoms with Crippen LogP contribution in [0.5, 0.6) is 5.75 Å². The fourth-order valence-electron chi connectivity index (χ4n) is 3.07. The number of hydrogen-bond donors (Lipinski definition) is 0. The summed E-state index contributed by atoms with van der Waals surface area (Å²) >= 11 is 0. The molecule has 0 radical (unpaired) electrons. The van der Waals surface area contributed by atoms with Crippen molar-refractivity contribution in [3.05, 3.63) is 70.6 Å². The first-order chi connectivity index (χ1) is 15.5. The van der Waals surface area contributed by atoms with Crippen molar-refractivity contribution in [1.82, 2.24) is 9.78 Å². The predicted molar refractivity (Wildman–Crippen MR) is 119 cm³/mol. The van der Waals surface area contributed by atoms with E-state index in [9.17, 15) is 26.4 Å². The zero-order chi connectivity index (χ0) is 24.3. The summed E-state index contributed by atoms with van der Waals surface area (Å²) < 4.78 is 69.6. The molecule has 0 amide bonds. The first-order valence-corrected chi connectivity index (χ1v) is 12.0. The molecule has 0 aliphatic carbocycles. The van der Waals surface area contributed by atoms with E-state index in [0.717, 1.165) is 17.0 Å². The van der Waals surface area contributed by atoms with E-state index in [2.05, 4.69) is 5.10 Å². The van der Waals surface area contributed by atoms with Crippen LogP contribution < -0.4 is 10.3 Å². The van der Waals surface area contributed by atoms with Gasteiger partial charge in [0.2, 0.25) is 0 Å². The molecule has 1 aromatic heterocycles. The van der Waals surface area contributed by atoms with E-state index in [1.807, 2.05) is 13.8 Å². The molecule has 0 bridgehead atoms. The summed E-state index contributed by atoms with van der Waals surface area (Å²) in [6, 6.07) is 11.1. The molecular weight excluding hydrogens is 457 g/mol. The summed E-state index contributed by atoms with van der Waals surface area (Å²) in [5.41, 5.74) is 0.0117. The minimum Gasteiger partial charge on any atom is -0.487 e. The lowest BCUT2D eigenvalue weighted by Crippen LogP contribution is -2.25. The quantitative estimate of drug-likeness (QED) is 0.470. The Bertz CT molecular complexity index is 1290. The number of aromatic nitrogens is 2. The third-order valence-electron chi connectivity index (χ3n) is 4.74. The van der Waals surface area contributed by atoms with Crippen molar-refractivity contribution in [3.8, 4) is 22.6 Å². The van der Waals surface area contributed by atoms with Crippen molar-refractivity contribution < 1.29 is 26.3 Å². The molecule has 1 unspecified atom stereocenters. The Labute approximate surface area is 189 Å². The van der Waals surface area contributed by atoms with E-state index in [1.165, 1.54) is 48.7 Å². The standard InChI is InChI=1S/C23H23F3N2O4S/c1-14(2)13-32-21-19(15-7-9-18(10-8-15)33(3,30)31)12-27-28(23(21)29)17-6-4-5-16(11-17)20(24)22(25)26/h4-12,14,20,22H,13H2,1-3H3. The number of halogens is 3. The molecule has 0 aliphatic heterocycles. The van der Waals surface area contributed by atoms with Crippen LogP contribution >= 0.6 is 0 Å². The van der Waals surface area contributed by atoms with Gasteiger partial charge >= 0.3 is 5.56 Å². The highest BCUT2D eigenvalue weighted by molar-refractivity contribution is 7.90. The van der Waals surface area contributed by atoms with Gasteiger partial charge in [0.15, 0.2) is 21.8 Å². The van der Waals surface area contributed by atoms with Crippen molar-refractivity contribution >= 4 is 9.84 Å². The van der Waals surface area contributed by atoms with E-state index in [4.69, 9.17) is 4.74 Å². The van der Waals surface area contributed by atoms with E-state index >= 15 is 0 Å². The van der Waals surface area contributed by atoms with Crippen LogP contribution in [0.3, 0.4) is 0 Å². The van der Waals surface area contributed by atoms with Gasteiger partial charge in [0.1, 0.15) is 0 Å². The molecule has 0 N–H and O–H groups in total. The number of benzene rings is 2. The van der Waals surface area contributed by atoms with Crippen molar-refractivity contribution in [2.24, 2.45) is 5.92 Å². The van der Waals surface area contributed by atoms with Gasteiger partial charge in [-0.2, -0.15) is 9.78 Å². The predicted octanol–water partition coefficient (Wildman–Crippen LogP) is 4.61. The fraction of sp³-hybridized carbons (Fsp3) is 0.304. The molecule has 33 heavy (non-hydrogen) atoms. The number of alkyl halides is 3. The van der Waals surface area contributed by atoms with E-state index < -0.39 is 28.0 Å². The highest BCUT2D eigenvalue weighted by Gasteiger charge is 2.23. The second kappa shape index (κ2) is 9.78. The summed E-state index contributed by atoms with van der Waals surface area (Å²) in [6.45, 7) is 4.01. The molecule has 0 fully saturated rings. The minimum absolute atomic E-state index is 0.0399. The van der Waals surface area contributed by atoms with Crippen LogP contribution in [0.25, 0.3) is 16.8 Å². The van der Waals surface area contributed by atoms with Gasteiger partial charge in [-0.15, -0.1) is 0 Å². The molecule has 0 aliphatic rings. The number of sulfone groups is 1. The van der Waals surface area contributed by atoms with E-state index in [1.54, 1.807) is 0 Å². The Morgan fingerprint density at radius 1 is 1.06 bits per heavy atom. The van der Waals surface area contributed by atoms with Gasteiger partial charge in [0.25, 0.3) is 6.43 Å². The zero-order valence-corrected chi connectivity index (χ0v) is 19.0. The van der Waals surface area contributed by atoms with Gasteiger partial charge in [-0.05, 0) is 41.3 Å². The fourth-order valence-corrected chi connectivity index (χ4v) is 3.70. The monoisotopic (exact) mass is 480 g/mol. The maximum absolute atomic E-state index is 13.8. The normalized spacial score (nSPS) is 12.8. The average Bonchev–Trinajstić information content (AvgIpc) is 2.77. The van der Waals surface area contributed by atoms with Crippen molar-refractivity contribution in [3.63, 3.8) is 0 Å². The molecule has 176 valence electrons. The Balaban J connectivity index is 2.12. The summed E-state index contributed by atoms with van der Waals surface area (Å²) in [4.78, 5) is 13.4. The lowest BCUT2D eigenvalue weighted by atomic mass is 10.1. The molecular formula is C23H23F3N2O4S. The van der Waals surface area contributed by atoms with Gasteiger partial charge in [0.05, 0.1) is 23.4 Å². The molecule has 3 aromatic rings. The van der Waals surface area contributed by atoms with Gasteiger partial charge < -0.3 is 4.74 Å². The number of ether oxygens (including phenoxy) is 1. The van der Waals surface area contributed by atoms with E-state index in [0.29, 0.717) is 11.1 Å². The molecule has 1 atom stereocenters. The minimum atomic E-state index is -3.40. The maximum Gasteiger partial charge on any atom is 0.314 e. The topological polar surface area (TPSA) is 78.3 Å². The Morgan fingerprint density at radius 3 is 2.30 bits per heavy atom. The molecule has 3 rings (SSSR count). The summed E-state index contributed by atoms with van der Waals surface area (Å²) in [5.74, 6) is 0.0509. The number of nitrogens with zero attached hydrogens (tertiary/aromatic N) is 2. The zero-order valence-electron chi connectivity index (χ0n) is 18.2. The van der Waals surface area contributed by atoms with E-state index in [-0.39, 0.29) is 34.4 Å². The van der Waals surface area contributed by atoms with Crippen LogP contribution in [-0.2, 0) is 9.84 Å². The van der Waals surface area contributed by atoms with Gasteiger partial charge in [-0.25, -0.2) is 21.6 Å². The van der Waals surface area contributed by atoms with Crippen molar-refractivity contribution in [1.29, 1.82) is 0 Å². The molecule has 6 nitrogen and oxygen atoms in total. The van der Waals surface area contributed by atoms with Gasteiger partial charge in [0, 0.05) is 11.8 Å². The molecule has 10 heteroatoms. The van der Waals surface area contributed by atoms with Crippen molar-refractivity contribution in [2.45, 2.75) is 31.3 Å². The number of rotatable bonds is 8. The second-order valence-electron chi connectivity index (χ2n) is 7.94. The summed E-state index contributed by atoms with van der Waals surface area (Å²) in [5, 5.41) is 4.13. The van der Waals surface area contributed by atoms with Crippen LogP contribution in [0.15, 0.2) is 64.4 Å². The Kier molecular flexibility index (Phi) is 7.26. The van der Waals surface area contributed by atoms with Crippen LogP contribution in [0.4, 0.5) is 13.2 Å². The second-order valence-corrected chi connectivity index (χ2v) is 9.95. The number of hydrogen-bond acceptors (Lipinski definition) is 5. The van der Waals surface area contributed by atoms with Crippen LogP contribution in [0, 0.1) is 5.92 Å². The molecule has 0 saturated carbocycles. The SMILES string of the molecule is CC(C)COc1c(-c2ccc(S(C)(=O)=O)cc2)cnn(-c2cccc(C(F)C(F)F)c2)c1=O. The third-order valence-corrected chi connectivity index (χ3v) is 5.87. The third kappa shape index (κ3) is 5.62. The van der Waals surface area contributed by atoms with Crippen LogP contribution in [0.1, 0.15) is 25.6 Å². The average molecular weight is 481 g/mol. The van der Waals surface area contributed by atoms with Crippen LogP contribution in [-0.4, -0.2) is 37.5 Å². The molecule has 2 aromatic carbocycles. The smallest absolute Gasteiger partial charge is 0.314 e. The Hall–Kier alpha value is -3.14. The van der Waals surface area contributed by atoms with Crippen LogP contribution in [0.2, 0.25) is 0 Å². The molecule has 0 saturated heterocycles.